The third-order valence-electron chi connectivity index (χ3n) is 2.40. The van der Waals surface area contributed by atoms with Gasteiger partial charge in [0.05, 0.1) is 13.7 Å². The Morgan fingerprint density at radius 2 is 2.00 bits per heavy atom. The van der Waals surface area contributed by atoms with E-state index in [1.165, 1.54) is 7.11 Å². The predicted octanol–water partition coefficient (Wildman–Crippen LogP) is 1.98. The van der Waals surface area contributed by atoms with Crippen LogP contribution in [-0.2, 0) is 4.74 Å². The smallest absolute Gasteiger partial charge is 0.341 e. The first-order valence-corrected chi connectivity index (χ1v) is 5.79. The monoisotopic (exact) mass is 237 g/mol. The molecule has 0 saturated carbocycles. The minimum atomic E-state index is -0.373. The normalized spacial score (nSPS) is 10.0. The Kier molecular flexibility index (Phi) is 6.10. The molecule has 0 aromatic heterocycles. The quantitative estimate of drug-likeness (QED) is 0.582. The number of carbonyl (C=O) groups is 1. The zero-order chi connectivity index (χ0) is 12.5. The molecule has 0 atom stereocenters. The van der Waals surface area contributed by atoms with Crippen LogP contribution in [0.25, 0.3) is 0 Å². The highest BCUT2D eigenvalue weighted by Crippen LogP contribution is 2.19. The van der Waals surface area contributed by atoms with Crippen molar-refractivity contribution in [1.82, 2.24) is 0 Å². The largest absolute Gasteiger partial charge is 0.493 e. The number of rotatable bonds is 7. The van der Waals surface area contributed by atoms with E-state index in [-0.39, 0.29) is 5.97 Å². The Hall–Kier alpha value is -1.55. The van der Waals surface area contributed by atoms with Gasteiger partial charge in [0.1, 0.15) is 11.3 Å². The number of methoxy groups -OCH3 is 1. The third-order valence-corrected chi connectivity index (χ3v) is 2.40. The average molecular weight is 237 g/mol. The van der Waals surface area contributed by atoms with Gasteiger partial charge in [-0.15, -0.1) is 0 Å². The van der Waals surface area contributed by atoms with Gasteiger partial charge in [-0.1, -0.05) is 12.1 Å². The summed E-state index contributed by atoms with van der Waals surface area (Å²) in [5.74, 6) is 0.203. The predicted molar refractivity (Wildman–Crippen MR) is 66.2 cm³/mol. The summed E-state index contributed by atoms with van der Waals surface area (Å²) in [7, 11) is 1.36. The van der Waals surface area contributed by atoms with E-state index in [1.54, 1.807) is 18.2 Å². The molecule has 17 heavy (non-hydrogen) atoms. The molecule has 0 bridgehead atoms. The molecule has 0 spiro atoms. The lowest BCUT2D eigenvalue weighted by molar-refractivity contribution is 0.0596. The van der Waals surface area contributed by atoms with Crippen molar-refractivity contribution in [1.29, 1.82) is 0 Å². The van der Waals surface area contributed by atoms with E-state index in [0.29, 0.717) is 24.5 Å². The molecule has 1 aromatic rings. The van der Waals surface area contributed by atoms with E-state index in [9.17, 15) is 4.79 Å². The Morgan fingerprint density at radius 3 is 2.71 bits per heavy atom. The van der Waals surface area contributed by atoms with Gasteiger partial charge >= 0.3 is 5.97 Å². The standard InChI is InChI=1S/C13H19NO3/c1-16-13(15)11-7-3-4-8-12(11)17-10-6-2-5-9-14/h3-4,7-8H,2,5-6,9-10,14H2,1H3. The van der Waals surface area contributed by atoms with Crippen molar-refractivity contribution < 1.29 is 14.3 Å². The van der Waals surface area contributed by atoms with Crippen molar-refractivity contribution in [2.45, 2.75) is 19.3 Å². The lowest BCUT2D eigenvalue weighted by Gasteiger charge is -2.09. The maximum Gasteiger partial charge on any atom is 0.341 e. The molecule has 4 heteroatoms. The second-order valence-electron chi connectivity index (χ2n) is 3.69. The third kappa shape index (κ3) is 4.44. The molecular weight excluding hydrogens is 218 g/mol. The molecule has 4 nitrogen and oxygen atoms in total. The summed E-state index contributed by atoms with van der Waals surface area (Å²) in [4.78, 5) is 11.5. The van der Waals surface area contributed by atoms with Crippen molar-refractivity contribution >= 4 is 5.97 Å². The molecule has 0 aliphatic carbocycles. The van der Waals surface area contributed by atoms with Gasteiger partial charge in [0.25, 0.3) is 0 Å². The molecule has 2 N–H and O–H groups in total. The van der Waals surface area contributed by atoms with E-state index in [2.05, 4.69) is 4.74 Å². The van der Waals surface area contributed by atoms with Gasteiger partial charge in [-0.25, -0.2) is 4.79 Å². The molecule has 0 radical (unpaired) electrons. The van der Waals surface area contributed by atoms with Gasteiger partial charge in [-0.05, 0) is 37.9 Å². The van der Waals surface area contributed by atoms with Crippen LogP contribution in [0.1, 0.15) is 29.6 Å². The van der Waals surface area contributed by atoms with Crippen LogP contribution >= 0.6 is 0 Å². The van der Waals surface area contributed by atoms with Crippen molar-refractivity contribution in [2.24, 2.45) is 5.73 Å². The number of benzene rings is 1. The molecular formula is C13H19NO3. The first kappa shape index (κ1) is 13.5. The van der Waals surface area contributed by atoms with Crippen LogP contribution in [0.4, 0.5) is 0 Å². The van der Waals surface area contributed by atoms with Crippen molar-refractivity contribution in [3.63, 3.8) is 0 Å². The lowest BCUT2D eigenvalue weighted by Crippen LogP contribution is -2.07. The van der Waals surface area contributed by atoms with E-state index in [0.717, 1.165) is 19.3 Å². The molecule has 0 fully saturated rings. The van der Waals surface area contributed by atoms with E-state index in [1.807, 2.05) is 6.07 Å². The molecule has 0 saturated heterocycles. The average Bonchev–Trinajstić information content (AvgIpc) is 2.38. The van der Waals surface area contributed by atoms with Crippen molar-refractivity contribution in [2.75, 3.05) is 20.3 Å². The number of carbonyl (C=O) groups excluding carboxylic acids is 1. The maximum atomic E-state index is 11.5. The number of hydrogen-bond donors (Lipinski definition) is 1. The zero-order valence-electron chi connectivity index (χ0n) is 10.1. The summed E-state index contributed by atoms with van der Waals surface area (Å²) in [6.45, 7) is 1.30. The molecule has 0 heterocycles. The van der Waals surface area contributed by atoms with Crippen molar-refractivity contribution in [3.8, 4) is 5.75 Å². The second-order valence-corrected chi connectivity index (χ2v) is 3.69. The summed E-state index contributed by atoms with van der Waals surface area (Å²) in [6.07, 6.45) is 2.98. The summed E-state index contributed by atoms with van der Waals surface area (Å²) >= 11 is 0. The van der Waals surface area contributed by atoms with Gasteiger partial charge in [-0.3, -0.25) is 0 Å². The lowest BCUT2D eigenvalue weighted by atomic mass is 10.2. The van der Waals surface area contributed by atoms with Gasteiger partial charge in [0.15, 0.2) is 0 Å². The minimum Gasteiger partial charge on any atom is -0.493 e. The number of unbranched alkanes of at least 4 members (excludes halogenated alkanes) is 2. The second kappa shape index (κ2) is 7.68. The molecule has 0 aliphatic rings. The Balaban J connectivity index is 2.49. The first-order valence-electron chi connectivity index (χ1n) is 5.79. The summed E-state index contributed by atoms with van der Waals surface area (Å²) in [5, 5.41) is 0. The molecule has 1 rings (SSSR count). The Bertz CT molecular complexity index is 352. The van der Waals surface area contributed by atoms with Crippen LogP contribution in [0.5, 0.6) is 5.75 Å². The maximum absolute atomic E-state index is 11.5. The molecule has 1 aromatic carbocycles. The fourth-order valence-corrected chi connectivity index (χ4v) is 1.48. The molecule has 94 valence electrons. The Labute approximate surface area is 102 Å². The van der Waals surface area contributed by atoms with Crippen LogP contribution in [0, 0.1) is 0 Å². The highest BCUT2D eigenvalue weighted by atomic mass is 16.5. The van der Waals surface area contributed by atoms with E-state index in [4.69, 9.17) is 10.5 Å². The van der Waals surface area contributed by atoms with Gasteiger partial charge in [0, 0.05) is 0 Å². The van der Waals surface area contributed by atoms with E-state index < -0.39 is 0 Å². The zero-order valence-corrected chi connectivity index (χ0v) is 10.1. The SMILES string of the molecule is COC(=O)c1ccccc1OCCCCCN. The van der Waals surface area contributed by atoms with Crippen LogP contribution in [0.3, 0.4) is 0 Å². The summed E-state index contributed by atoms with van der Waals surface area (Å²) < 4.78 is 10.3. The van der Waals surface area contributed by atoms with Crippen LogP contribution in [0.15, 0.2) is 24.3 Å². The van der Waals surface area contributed by atoms with Crippen LogP contribution in [-0.4, -0.2) is 26.2 Å². The summed E-state index contributed by atoms with van der Waals surface area (Å²) in [5.41, 5.74) is 5.87. The van der Waals surface area contributed by atoms with Crippen molar-refractivity contribution in [3.05, 3.63) is 29.8 Å². The molecule has 0 aliphatic heterocycles. The summed E-state index contributed by atoms with van der Waals surface area (Å²) in [6, 6.07) is 7.09. The van der Waals surface area contributed by atoms with Gasteiger partial charge in [-0.2, -0.15) is 0 Å². The van der Waals surface area contributed by atoms with Gasteiger partial charge in [0.2, 0.25) is 0 Å². The van der Waals surface area contributed by atoms with Crippen LogP contribution in [0.2, 0.25) is 0 Å². The first-order chi connectivity index (χ1) is 8.29. The van der Waals surface area contributed by atoms with E-state index >= 15 is 0 Å². The number of ether oxygens (including phenoxy) is 2. The van der Waals surface area contributed by atoms with Gasteiger partial charge < -0.3 is 15.2 Å². The topological polar surface area (TPSA) is 61.5 Å². The molecule has 0 amide bonds. The van der Waals surface area contributed by atoms with Crippen LogP contribution < -0.4 is 10.5 Å². The molecule has 0 unspecified atom stereocenters. The Morgan fingerprint density at radius 1 is 1.24 bits per heavy atom. The fraction of sp³-hybridized carbons (Fsp3) is 0.462. The fourth-order valence-electron chi connectivity index (χ4n) is 1.48. The highest BCUT2D eigenvalue weighted by Gasteiger charge is 2.11. The number of hydrogen-bond acceptors (Lipinski definition) is 4. The minimum absolute atomic E-state index is 0.373. The number of esters is 1. The number of nitrogens with two attached hydrogens (primary N) is 1. The highest BCUT2D eigenvalue weighted by molar-refractivity contribution is 5.92. The number of para-hydroxylation sites is 1.